The quantitative estimate of drug-likeness (QED) is 0.728. The summed E-state index contributed by atoms with van der Waals surface area (Å²) in [5.41, 5.74) is 1.22. The van der Waals surface area contributed by atoms with Gasteiger partial charge in [-0.1, -0.05) is 32.0 Å². The molecule has 1 aromatic carbocycles. The van der Waals surface area contributed by atoms with Crippen LogP contribution in [0.5, 0.6) is 0 Å². The molecule has 3 heterocycles. The summed E-state index contributed by atoms with van der Waals surface area (Å²) >= 11 is 0. The number of rotatable bonds is 3. The number of hydrogen-bond acceptors (Lipinski definition) is 6. The van der Waals surface area contributed by atoms with E-state index >= 15 is 0 Å². The van der Waals surface area contributed by atoms with Gasteiger partial charge in [0.25, 0.3) is 5.91 Å². The summed E-state index contributed by atoms with van der Waals surface area (Å²) < 4.78 is 16.8. The van der Waals surface area contributed by atoms with Crippen molar-refractivity contribution in [1.29, 1.82) is 0 Å². The standard InChI is InChI=1S/C18H19N3O4/c1-11(2)16-19-20-17(25-16)14-10-23-8-7-21(14)18(22)13-9-24-15-6-4-3-5-12(13)15/h3-6,9,11,14H,7-8,10H2,1-2H3/t14-/m0/s1. The number of amides is 1. The lowest BCUT2D eigenvalue weighted by Gasteiger charge is -2.33. The van der Waals surface area contributed by atoms with Crippen LogP contribution in [0.15, 0.2) is 39.4 Å². The maximum atomic E-state index is 13.1. The number of carbonyl (C=O) groups excluding carboxylic acids is 1. The largest absolute Gasteiger partial charge is 0.463 e. The lowest BCUT2D eigenvalue weighted by molar-refractivity contribution is -0.0107. The number of furan rings is 1. The van der Waals surface area contributed by atoms with Crippen molar-refractivity contribution >= 4 is 16.9 Å². The molecule has 2 aromatic heterocycles. The summed E-state index contributed by atoms with van der Waals surface area (Å²) in [6.07, 6.45) is 1.51. The van der Waals surface area contributed by atoms with Crippen LogP contribution in [0.4, 0.5) is 0 Å². The maximum absolute atomic E-state index is 13.1. The van der Waals surface area contributed by atoms with Crippen molar-refractivity contribution in [2.24, 2.45) is 0 Å². The summed E-state index contributed by atoms with van der Waals surface area (Å²) in [5, 5.41) is 8.99. The highest BCUT2D eigenvalue weighted by Crippen LogP contribution is 2.29. The van der Waals surface area contributed by atoms with E-state index in [4.69, 9.17) is 13.6 Å². The number of carbonyl (C=O) groups is 1. The van der Waals surface area contributed by atoms with Gasteiger partial charge in [-0.2, -0.15) is 0 Å². The molecule has 1 fully saturated rings. The Labute approximate surface area is 144 Å². The molecule has 0 spiro atoms. The molecular formula is C18H19N3O4. The Morgan fingerprint density at radius 2 is 2.12 bits per heavy atom. The summed E-state index contributed by atoms with van der Waals surface area (Å²) in [6.45, 7) is 5.23. The zero-order valence-corrected chi connectivity index (χ0v) is 14.1. The summed E-state index contributed by atoms with van der Waals surface area (Å²) in [7, 11) is 0. The summed E-state index contributed by atoms with van der Waals surface area (Å²) in [4.78, 5) is 14.8. The predicted octanol–water partition coefficient (Wildman–Crippen LogP) is 3.15. The van der Waals surface area contributed by atoms with Gasteiger partial charge in [-0.05, 0) is 6.07 Å². The van der Waals surface area contributed by atoms with E-state index in [1.165, 1.54) is 6.26 Å². The van der Waals surface area contributed by atoms with E-state index in [-0.39, 0.29) is 11.8 Å². The number of morpholine rings is 1. The van der Waals surface area contributed by atoms with Crippen molar-refractivity contribution in [1.82, 2.24) is 15.1 Å². The number of benzene rings is 1. The molecule has 0 aliphatic carbocycles. The first-order valence-corrected chi connectivity index (χ1v) is 8.33. The van der Waals surface area contributed by atoms with Gasteiger partial charge in [0, 0.05) is 17.8 Å². The molecular weight excluding hydrogens is 322 g/mol. The molecule has 25 heavy (non-hydrogen) atoms. The Balaban J connectivity index is 1.67. The van der Waals surface area contributed by atoms with Gasteiger partial charge in [0.15, 0.2) is 0 Å². The van der Waals surface area contributed by atoms with Gasteiger partial charge in [-0.15, -0.1) is 10.2 Å². The third-order valence-electron chi connectivity index (χ3n) is 4.34. The van der Waals surface area contributed by atoms with E-state index in [0.717, 1.165) is 5.39 Å². The average molecular weight is 341 g/mol. The van der Waals surface area contributed by atoms with Crippen LogP contribution in [0.3, 0.4) is 0 Å². The third-order valence-corrected chi connectivity index (χ3v) is 4.34. The smallest absolute Gasteiger partial charge is 0.258 e. The molecule has 130 valence electrons. The molecule has 0 bridgehead atoms. The van der Waals surface area contributed by atoms with Crippen LogP contribution >= 0.6 is 0 Å². The molecule has 7 nitrogen and oxygen atoms in total. The zero-order valence-electron chi connectivity index (χ0n) is 14.1. The highest BCUT2D eigenvalue weighted by atomic mass is 16.5. The Morgan fingerprint density at radius 1 is 1.28 bits per heavy atom. The molecule has 1 aliphatic rings. The van der Waals surface area contributed by atoms with Gasteiger partial charge >= 0.3 is 0 Å². The second-order valence-corrected chi connectivity index (χ2v) is 6.37. The van der Waals surface area contributed by atoms with Crippen molar-refractivity contribution in [3.8, 4) is 0 Å². The van der Waals surface area contributed by atoms with Crippen LogP contribution in [-0.4, -0.2) is 40.8 Å². The molecule has 1 aliphatic heterocycles. The van der Waals surface area contributed by atoms with Crippen molar-refractivity contribution in [2.45, 2.75) is 25.8 Å². The Hall–Kier alpha value is -2.67. The molecule has 0 radical (unpaired) electrons. The van der Waals surface area contributed by atoms with Crippen LogP contribution in [0.1, 0.15) is 47.9 Å². The number of aromatic nitrogens is 2. The van der Waals surface area contributed by atoms with Crippen LogP contribution in [0.2, 0.25) is 0 Å². The SMILES string of the molecule is CC(C)c1nnc([C@@H]2COCCN2C(=O)c2coc3ccccc23)o1. The molecule has 4 rings (SSSR count). The first-order valence-electron chi connectivity index (χ1n) is 8.33. The van der Waals surface area contributed by atoms with Gasteiger partial charge < -0.3 is 18.5 Å². The highest BCUT2D eigenvalue weighted by Gasteiger charge is 2.34. The predicted molar refractivity (Wildman–Crippen MR) is 89.2 cm³/mol. The second-order valence-electron chi connectivity index (χ2n) is 6.37. The Kier molecular flexibility index (Phi) is 4.01. The fourth-order valence-corrected chi connectivity index (χ4v) is 2.96. The molecule has 1 atom stereocenters. The van der Waals surface area contributed by atoms with E-state index in [1.54, 1.807) is 4.90 Å². The lowest BCUT2D eigenvalue weighted by Crippen LogP contribution is -2.43. The first kappa shape index (κ1) is 15.8. The number of para-hydroxylation sites is 1. The number of hydrogen-bond donors (Lipinski definition) is 0. The normalized spacial score (nSPS) is 18.2. The van der Waals surface area contributed by atoms with E-state index < -0.39 is 6.04 Å². The van der Waals surface area contributed by atoms with Crippen LogP contribution in [0.25, 0.3) is 11.0 Å². The zero-order chi connectivity index (χ0) is 17.4. The minimum Gasteiger partial charge on any atom is -0.463 e. The summed E-state index contributed by atoms with van der Waals surface area (Å²) in [6, 6.07) is 7.10. The van der Waals surface area contributed by atoms with Crippen molar-refractivity contribution in [2.75, 3.05) is 19.8 Å². The minimum absolute atomic E-state index is 0.123. The fraction of sp³-hybridized carbons (Fsp3) is 0.389. The van der Waals surface area contributed by atoms with Crippen LogP contribution in [0, 0.1) is 0 Å². The minimum atomic E-state index is -0.394. The molecule has 1 saturated heterocycles. The summed E-state index contributed by atoms with van der Waals surface area (Å²) in [5.74, 6) is 0.974. The molecule has 1 amide bonds. The average Bonchev–Trinajstić information content (AvgIpc) is 3.28. The number of fused-ring (bicyclic) bond motifs is 1. The Bertz CT molecular complexity index is 899. The van der Waals surface area contributed by atoms with Crippen LogP contribution < -0.4 is 0 Å². The number of ether oxygens (including phenoxy) is 1. The highest BCUT2D eigenvalue weighted by molar-refractivity contribution is 6.06. The second kappa shape index (κ2) is 6.33. The fourth-order valence-electron chi connectivity index (χ4n) is 2.96. The Morgan fingerprint density at radius 3 is 2.92 bits per heavy atom. The molecule has 0 unspecified atom stereocenters. The van der Waals surface area contributed by atoms with Crippen molar-refractivity contribution in [3.63, 3.8) is 0 Å². The van der Waals surface area contributed by atoms with E-state index in [2.05, 4.69) is 10.2 Å². The number of nitrogens with zero attached hydrogens (tertiary/aromatic N) is 3. The molecule has 3 aromatic rings. The third kappa shape index (κ3) is 2.80. The van der Waals surface area contributed by atoms with Gasteiger partial charge in [0.1, 0.15) is 17.9 Å². The van der Waals surface area contributed by atoms with Crippen molar-refractivity contribution in [3.05, 3.63) is 47.9 Å². The van der Waals surface area contributed by atoms with Crippen molar-refractivity contribution < 1.29 is 18.4 Å². The monoisotopic (exact) mass is 341 g/mol. The van der Waals surface area contributed by atoms with Gasteiger partial charge in [-0.3, -0.25) is 4.79 Å². The molecule has 0 saturated carbocycles. The van der Waals surface area contributed by atoms with E-state index in [1.807, 2.05) is 38.1 Å². The molecule has 0 N–H and O–H groups in total. The lowest BCUT2D eigenvalue weighted by atomic mass is 10.1. The maximum Gasteiger partial charge on any atom is 0.258 e. The van der Waals surface area contributed by atoms with Gasteiger partial charge in [-0.25, -0.2) is 0 Å². The molecule has 7 heteroatoms. The van der Waals surface area contributed by atoms with Gasteiger partial charge in [0.2, 0.25) is 11.8 Å². The topological polar surface area (TPSA) is 81.6 Å². The van der Waals surface area contributed by atoms with E-state index in [0.29, 0.717) is 42.7 Å². The van der Waals surface area contributed by atoms with Crippen LogP contribution in [-0.2, 0) is 4.74 Å². The first-order chi connectivity index (χ1) is 12.1. The van der Waals surface area contributed by atoms with Gasteiger partial charge in [0.05, 0.1) is 18.8 Å². The van der Waals surface area contributed by atoms with E-state index in [9.17, 15) is 4.79 Å².